The van der Waals surface area contributed by atoms with Gasteiger partial charge in [-0.3, -0.25) is 10.1 Å². The van der Waals surface area contributed by atoms with Crippen molar-refractivity contribution in [1.29, 1.82) is 0 Å². The summed E-state index contributed by atoms with van der Waals surface area (Å²) in [5, 5.41) is 5.79. The van der Waals surface area contributed by atoms with Gasteiger partial charge in [-0.1, -0.05) is 60.7 Å². The summed E-state index contributed by atoms with van der Waals surface area (Å²) in [6, 6.07) is 21.8. The van der Waals surface area contributed by atoms with Crippen LogP contribution in [0, 0.1) is 11.6 Å². The van der Waals surface area contributed by atoms with Crippen LogP contribution in [0.1, 0.15) is 24.1 Å². The van der Waals surface area contributed by atoms with E-state index in [9.17, 15) is 13.6 Å². The lowest BCUT2D eigenvalue weighted by atomic mass is 9.98. The van der Waals surface area contributed by atoms with E-state index in [0.29, 0.717) is 0 Å². The third-order valence-electron chi connectivity index (χ3n) is 4.26. The monoisotopic (exact) mass is 366 g/mol. The van der Waals surface area contributed by atoms with Crippen molar-refractivity contribution in [2.24, 2.45) is 0 Å². The summed E-state index contributed by atoms with van der Waals surface area (Å²) >= 11 is 0. The van der Waals surface area contributed by atoms with Crippen molar-refractivity contribution in [3.8, 4) is 0 Å². The first-order chi connectivity index (χ1) is 13.0. The van der Waals surface area contributed by atoms with E-state index in [1.54, 1.807) is 6.92 Å². The van der Waals surface area contributed by atoms with Gasteiger partial charge in [0.05, 0.1) is 17.8 Å². The number of hydrogen-bond donors (Lipinski definition) is 2. The highest BCUT2D eigenvalue weighted by atomic mass is 19.1. The Bertz CT molecular complexity index is 861. The van der Waals surface area contributed by atoms with Crippen LogP contribution in [0.3, 0.4) is 0 Å². The van der Waals surface area contributed by atoms with Crippen LogP contribution >= 0.6 is 0 Å². The number of carbonyl (C=O) groups excluding carboxylic acids is 1. The lowest BCUT2D eigenvalue weighted by Crippen LogP contribution is -2.40. The maximum Gasteiger partial charge on any atom is 0.241 e. The van der Waals surface area contributed by atoms with Crippen molar-refractivity contribution < 1.29 is 13.6 Å². The first-order valence-corrected chi connectivity index (χ1v) is 8.66. The zero-order valence-electron chi connectivity index (χ0n) is 14.8. The molecule has 0 aromatic heterocycles. The first kappa shape index (κ1) is 18.7. The molecule has 2 N–H and O–H groups in total. The van der Waals surface area contributed by atoms with Gasteiger partial charge in [0.2, 0.25) is 5.91 Å². The van der Waals surface area contributed by atoms with Crippen LogP contribution in [-0.2, 0) is 4.79 Å². The highest BCUT2D eigenvalue weighted by molar-refractivity contribution is 5.94. The van der Waals surface area contributed by atoms with Crippen LogP contribution in [0.25, 0.3) is 0 Å². The Hall–Kier alpha value is -3.05. The molecule has 0 spiro atoms. The largest absolute Gasteiger partial charge is 0.322 e. The second-order valence-corrected chi connectivity index (χ2v) is 6.26. The van der Waals surface area contributed by atoms with E-state index in [1.165, 1.54) is 6.07 Å². The van der Waals surface area contributed by atoms with Gasteiger partial charge in [0, 0.05) is 6.07 Å². The Morgan fingerprint density at radius 3 is 1.93 bits per heavy atom. The molecule has 3 rings (SSSR count). The number of nitrogens with one attached hydrogen (secondary N) is 2. The molecule has 3 nitrogen and oxygen atoms in total. The average molecular weight is 366 g/mol. The fourth-order valence-electron chi connectivity index (χ4n) is 2.83. The van der Waals surface area contributed by atoms with Crippen LogP contribution in [-0.4, -0.2) is 11.9 Å². The summed E-state index contributed by atoms with van der Waals surface area (Å²) in [6.45, 7) is 1.70. The van der Waals surface area contributed by atoms with Crippen molar-refractivity contribution in [3.63, 3.8) is 0 Å². The fourth-order valence-corrected chi connectivity index (χ4v) is 2.83. The third kappa shape index (κ3) is 4.77. The Kier molecular flexibility index (Phi) is 5.94. The SMILES string of the molecule is C[C@@H](NC(c1ccccc1)c1ccccc1)C(=O)Nc1ccc(F)cc1F. The molecule has 0 radical (unpaired) electrons. The van der Waals surface area contributed by atoms with E-state index in [4.69, 9.17) is 0 Å². The van der Waals surface area contributed by atoms with E-state index >= 15 is 0 Å². The predicted molar refractivity (Wildman–Crippen MR) is 102 cm³/mol. The minimum absolute atomic E-state index is 0.0500. The van der Waals surface area contributed by atoms with Gasteiger partial charge in [0.25, 0.3) is 0 Å². The molecule has 1 amide bonds. The molecule has 3 aromatic rings. The lowest BCUT2D eigenvalue weighted by Gasteiger charge is -2.24. The zero-order valence-corrected chi connectivity index (χ0v) is 14.8. The second kappa shape index (κ2) is 8.56. The molecule has 138 valence electrons. The molecule has 0 fully saturated rings. The van der Waals surface area contributed by atoms with Crippen molar-refractivity contribution in [2.45, 2.75) is 19.0 Å². The topological polar surface area (TPSA) is 41.1 Å². The number of amides is 1. The minimum Gasteiger partial charge on any atom is -0.322 e. The summed E-state index contributed by atoms with van der Waals surface area (Å²) in [5.74, 6) is -1.90. The lowest BCUT2D eigenvalue weighted by molar-refractivity contribution is -0.117. The highest BCUT2D eigenvalue weighted by Gasteiger charge is 2.21. The van der Waals surface area contributed by atoms with E-state index in [0.717, 1.165) is 23.3 Å². The van der Waals surface area contributed by atoms with Gasteiger partial charge < -0.3 is 5.32 Å². The standard InChI is InChI=1S/C22H20F2N2O/c1-15(22(27)26-20-13-12-18(23)14-19(20)24)25-21(16-8-4-2-5-9-16)17-10-6-3-7-11-17/h2-15,21,25H,1H3,(H,26,27)/t15-/m1/s1. The second-order valence-electron chi connectivity index (χ2n) is 6.26. The van der Waals surface area contributed by atoms with Crippen LogP contribution in [0.5, 0.6) is 0 Å². The Labute approximate surface area is 157 Å². The van der Waals surface area contributed by atoms with Crippen LogP contribution in [0.2, 0.25) is 0 Å². The Morgan fingerprint density at radius 1 is 0.852 bits per heavy atom. The van der Waals surface area contributed by atoms with Crippen molar-refractivity contribution in [2.75, 3.05) is 5.32 Å². The maximum atomic E-state index is 13.8. The highest BCUT2D eigenvalue weighted by Crippen LogP contribution is 2.23. The number of rotatable bonds is 6. The van der Waals surface area contributed by atoms with Crippen molar-refractivity contribution in [1.82, 2.24) is 5.32 Å². The number of anilines is 1. The minimum atomic E-state index is -0.807. The van der Waals surface area contributed by atoms with Gasteiger partial charge in [0.1, 0.15) is 11.6 Å². The third-order valence-corrected chi connectivity index (χ3v) is 4.26. The Balaban J connectivity index is 1.78. The molecule has 1 atom stereocenters. The Morgan fingerprint density at radius 2 is 1.41 bits per heavy atom. The number of carbonyl (C=O) groups is 1. The summed E-state index contributed by atoms with van der Waals surface area (Å²) in [7, 11) is 0. The molecule has 5 heteroatoms. The maximum absolute atomic E-state index is 13.8. The van der Waals surface area contributed by atoms with Crippen molar-refractivity contribution in [3.05, 3.63) is 102 Å². The molecule has 0 aliphatic rings. The molecule has 0 aliphatic carbocycles. The number of benzene rings is 3. The van der Waals surface area contributed by atoms with Crippen LogP contribution in [0.15, 0.2) is 78.9 Å². The molecule has 0 aliphatic heterocycles. The van der Waals surface area contributed by atoms with Crippen molar-refractivity contribution >= 4 is 11.6 Å². The predicted octanol–water partition coefficient (Wildman–Crippen LogP) is 4.67. The summed E-state index contributed by atoms with van der Waals surface area (Å²) in [4.78, 5) is 12.5. The van der Waals surface area contributed by atoms with Crippen LogP contribution < -0.4 is 10.6 Å². The van der Waals surface area contributed by atoms with Gasteiger partial charge in [0.15, 0.2) is 0 Å². The molecule has 0 unspecified atom stereocenters. The van der Waals surface area contributed by atoms with Gasteiger partial charge in [-0.15, -0.1) is 0 Å². The average Bonchev–Trinajstić information content (AvgIpc) is 2.69. The first-order valence-electron chi connectivity index (χ1n) is 8.66. The summed E-state index contributed by atoms with van der Waals surface area (Å²) in [5.41, 5.74) is 1.97. The quantitative estimate of drug-likeness (QED) is 0.666. The number of halogens is 2. The molecule has 3 aromatic carbocycles. The molecular weight excluding hydrogens is 346 g/mol. The van der Waals surface area contributed by atoms with Gasteiger partial charge in [-0.25, -0.2) is 8.78 Å². The van der Waals surface area contributed by atoms with Gasteiger partial charge in [-0.05, 0) is 30.2 Å². The fraction of sp³-hybridized carbons (Fsp3) is 0.136. The smallest absolute Gasteiger partial charge is 0.241 e. The summed E-state index contributed by atoms with van der Waals surface area (Å²) in [6.07, 6.45) is 0. The molecule has 27 heavy (non-hydrogen) atoms. The van der Waals surface area contributed by atoms with E-state index in [1.807, 2.05) is 60.7 Å². The normalized spacial score (nSPS) is 12.0. The molecule has 0 saturated heterocycles. The molecule has 0 heterocycles. The molecule has 0 saturated carbocycles. The zero-order chi connectivity index (χ0) is 19.2. The molecular formula is C22H20F2N2O. The van der Waals surface area contributed by atoms with E-state index in [-0.39, 0.29) is 11.7 Å². The van der Waals surface area contributed by atoms with Gasteiger partial charge >= 0.3 is 0 Å². The number of hydrogen-bond acceptors (Lipinski definition) is 2. The summed E-state index contributed by atoms with van der Waals surface area (Å²) < 4.78 is 26.8. The van der Waals surface area contributed by atoms with Crippen LogP contribution in [0.4, 0.5) is 14.5 Å². The molecule has 0 bridgehead atoms. The van der Waals surface area contributed by atoms with Gasteiger partial charge in [-0.2, -0.15) is 0 Å². The van der Waals surface area contributed by atoms with E-state index < -0.39 is 23.6 Å². The van der Waals surface area contributed by atoms with E-state index in [2.05, 4.69) is 10.6 Å².